The highest BCUT2D eigenvalue weighted by molar-refractivity contribution is 5.95. The third-order valence-corrected chi connectivity index (χ3v) is 4.64. The van der Waals surface area contributed by atoms with E-state index in [9.17, 15) is 4.79 Å². The Morgan fingerprint density at radius 1 is 1.45 bits per heavy atom. The van der Waals surface area contributed by atoms with Crippen LogP contribution in [0.3, 0.4) is 0 Å². The highest BCUT2D eigenvalue weighted by Gasteiger charge is 2.31. The summed E-state index contributed by atoms with van der Waals surface area (Å²) >= 11 is 0. The second-order valence-corrected chi connectivity index (χ2v) is 6.46. The third kappa shape index (κ3) is 2.45. The van der Waals surface area contributed by atoms with Gasteiger partial charge in [0, 0.05) is 31.1 Å². The summed E-state index contributed by atoms with van der Waals surface area (Å²) in [6, 6.07) is 1.79. The minimum atomic E-state index is -0.0175. The summed E-state index contributed by atoms with van der Waals surface area (Å²) in [5.74, 6) is 2.71. The molecule has 0 spiro atoms. The molecule has 5 heteroatoms. The summed E-state index contributed by atoms with van der Waals surface area (Å²) in [5.41, 5.74) is 1.76. The number of hydrogen-bond acceptors (Lipinski definition) is 3. The van der Waals surface area contributed by atoms with Crippen LogP contribution in [0.1, 0.15) is 65.2 Å². The predicted octanol–water partition coefficient (Wildman–Crippen LogP) is 2.97. The Kier molecular flexibility index (Phi) is 3.28. The van der Waals surface area contributed by atoms with Crippen LogP contribution in [0.5, 0.6) is 0 Å². The molecule has 1 amide bonds. The highest BCUT2D eigenvalue weighted by atomic mass is 16.3. The van der Waals surface area contributed by atoms with Crippen LogP contribution in [0.2, 0.25) is 0 Å². The number of amides is 1. The van der Waals surface area contributed by atoms with Crippen molar-refractivity contribution >= 4 is 5.91 Å². The minimum Gasteiger partial charge on any atom is -0.468 e. The van der Waals surface area contributed by atoms with Crippen LogP contribution in [0.15, 0.2) is 22.9 Å². The molecule has 2 aromatic heterocycles. The second-order valence-electron chi connectivity index (χ2n) is 6.46. The summed E-state index contributed by atoms with van der Waals surface area (Å²) in [6.07, 6.45) is 8.21. The van der Waals surface area contributed by atoms with Crippen molar-refractivity contribution in [1.82, 2.24) is 14.9 Å². The fraction of sp³-hybridized carbons (Fsp3) is 0.529. The molecule has 1 aliphatic heterocycles. The number of aryl methyl sites for hydroxylation is 2. The lowest BCUT2D eigenvalue weighted by Gasteiger charge is -2.23. The minimum absolute atomic E-state index is 0.0175. The van der Waals surface area contributed by atoms with Crippen LogP contribution >= 0.6 is 0 Å². The Balaban J connectivity index is 1.44. The van der Waals surface area contributed by atoms with E-state index < -0.39 is 0 Å². The molecule has 5 nitrogen and oxygen atoms in total. The zero-order valence-electron chi connectivity index (χ0n) is 12.8. The van der Waals surface area contributed by atoms with Crippen LogP contribution in [-0.2, 0) is 6.54 Å². The predicted molar refractivity (Wildman–Crippen MR) is 82.0 cm³/mol. The van der Waals surface area contributed by atoms with Gasteiger partial charge in [-0.1, -0.05) is 0 Å². The maximum Gasteiger partial charge on any atom is 0.254 e. The van der Waals surface area contributed by atoms with Gasteiger partial charge in [0.2, 0.25) is 0 Å². The smallest absolute Gasteiger partial charge is 0.254 e. The first-order valence-electron chi connectivity index (χ1n) is 8.11. The molecule has 3 heterocycles. The molecule has 1 atom stereocenters. The van der Waals surface area contributed by atoms with E-state index in [1.807, 2.05) is 6.92 Å². The first-order valence-corrected chi connectivity index (χ1v) is 8.11. The Morgan fingerprint density at radius 2 is 2.32 bits per heavy atom. The molecule has 1 fully saturated rings. The third-order valence-electron chi connectivity index (χ3n) is 4.64. The van der Waals surface area contributed by atoms with E-state index in [1.165, 1.54) is 0 Å². The molecule has 1 N–H and O–H groups in total. The van der Waals surface area contributed by atoms with Gasteiger partial charge in [0.25, 0.3) is 5.91 Å². The number of rotatable bonds is 4. The molecule has 2 aliphatic rings. The van der Waals surface area contributed by atoms with Gasteiger partial charge in [-0.3, -0.25) is 4.79 Å². The van der Waals surface area contributed by atoms with Gasteiger partial charge in [-0.15, -0.1) is 0 Å². The van der Waals surface area contributed by atoms with Crippen molar-refractivity contribution in [3.63, 3.8) is 0 Å². The number of hydrogen-bond donors (Lipinski definition) is 1. The van der Waals surface area contributed by atoms with Gasteiger partial charge < -0.3 is 14.3 Å². The number of furan rings is 1. The lowest BCUT2D eigenvalue weighted by Crippen LogP contribution is -2.31. The lowest BCUT2D eigenvalue weighted by atomic mass is 9.99. The average Bonchev–Trinajstić information content (AvgIpc) is 3.09. The van der Waals surface area contributed by atoms with Gasteiger partial charge in [0.1, 0.15) is 11.6 Å². The van der Waals surface area contributed by atoms with Crippen molar-refractivity contribution in [3.8, 4) is 0 Å². The molecule has 1 aliphatic carbocycles. The highest BCUT2D eigenvalue weighted by Crippen LogP contribution is 2.42. The maximum atomic E-state index is 12.4. The zero-order valence-corrected chi connectivity index (χ0v) is 12.8. The number of imidazole rings is 1. The molecule has 1 unspecified atom stereocenters. The fourth-order valence-corrected chi connectivity index (χ4v) is 3.38. The summed E-state index contributed by atoms with van der Waals surface area (Å²) < 4.78 is 7.71. The van der Waals surface area contributed by atoms with Crippen LogP contribution in [0, 0.1) is 6.92 Å². The van der Waals surface area contributed by atoms with Crippen LogP contribution < -0.4 is 5.32 Å². The number of nitrogens with zero attached hydrogens (tertiary/aromatic N) is 2. The molecule has 2 aromatic rings. The molecule has 22 heavy (non-hydrogen) atoms. The number of aromatic nitrogens is 2. The second kappa shape index (κ2) is 5.30. The summed E-state index contributed by atoms with van der Waals surface area (Å²) in [6.45, 7) is 3.70. The molecule has 116 valence electrons. The zero-order chi connectivity index (χ0) is 15.1. The van der Waals surface area contributed by atoms with E-state index in [0.29, 0.717) is 23.9 Å². The molecular weight excluding hydrogens is 278 g/mol. The maximum absolute atomic E-state index is 12.4. The Morgan fingerprint density at radius 3 is 3.14 bits per heavy atom. The molecule has 0 bridgehead atoms. The summed E-state index contributed by atoms with van der Waals surface area (Å²) in [7, 11) is 0. The van der Waals surface area contributed by atoms with Crippen molar-refractivity contribution in [2.45, 2.75) is 51.0 Å². The van der Waals surface area contributed by atoms with Crippen molar-refractivity contribution < 1.29 is 9.21 Å². The van der Waals surface area contributed by atoms with Crippen LogP contribution in [0.4, 0.5) is 0 Å². The van der Waals surface area contributed by atoms with Gasteiger partial charge in [0.15, 0.2) is 0 Å². The van der Waals surface area contributed by atoms with Gasteiger partial charge in [-0.05, 0) is 38.7 Å². The SMILES string of the molecule is Cc1cn2c(n1)C(CNC(=O)c1ccoc1C1CC1)CCC2. The molecule has 1 saturated carbocycles. The van der Waals surface area contributed by atoms with Crippen LogP contribution in [-0.4, -0.2) is 22.0 Å². The van der Waals surface area contributed by atoms with Gasteiger partial charge in [-0.25, -0.2) is 4.98 Å². The monoisotopic (exact) mass is 299 g/mol. The van der Waals surface area contributed by atoms with Gasteiger partial charge in [0.05, 0.1) is 17.5 Å². The normalized spacial score (nSPS) is 20.7. The quantitative estimate of drug-likeness (QED) is 0.944. The Labute approximate surface area is 129 Å². The van der Waals surface area contributed by atoms with Crippen molar-refractivity contribution in [2.24, 2.45) is 0 Å². The number of carbonyl (C=O) groups is 1. The lowest BCUT2D eigenvalue weighted by molar-refractivity contribution is 0.0947. The Bertz CT molecular complexity index is 697. The van der Waals surface area contributed by atoms with E-state index in [2.05, 4.69) is 21.1 Å². The topological polar surface area (TPSA) is 60.1 Å². The first kappa shape index (κ1) is 13.6. The summed E-state index contributed by atoms with van der Waals surface area (Å²) in [4.78, 5) is 17.0. The largest absolute Gasteiger partial charge is 0.468 e. The van der Waals surface area contributed by atoms with Gasteiger partial charge in [-0.2, -0.15) is 0 Å². The van der Waals surface area contributed by atoms with E-state index in [-0.39, 0.29) is 5.91 Å². The summed E-state index contributed by atoms with van der Waals surface area (Å²) in [5, 5.41) is 3.08. The molecule has 0 aromatic carbocycles. The number of fused-ring (bicyclic) bond motifs is 1. The number of nitrogens with one attached hydrogen (secondary N) is 1. The first-order chi connectivity index (χ1) is 10.7. The molecule has 4 rings (SSSR count). The standard InChI is InChI=1S/C17H21N3O2/c1-11-10-20-7-2-3-13(16(20)19-11)9-18-17(21)14-6-8-22-15(14)12-4-5-12/h6,8,10,12-13H,2-5,7,9H2,1H3,(H,18,21). The Hall–Kier alpha value is -2.04. The fourth-order valence-electron chi connectivity index (χ4n) is 3.38. The van der Waals surface area contributed by atoms with E-state index in [4.69, 9.17) is 4.42 Å². The van der Waals surface area contributed by atoms with Gasteiger partial charge >= 0.3 is 0 Å². The molecule has 0 saturated heterocycles. The van der Waals surface area contributed by atoms with Crippen molar-refractivity contribution in [3.05, 3.63) is 41.4 Å². The van der Waals surface area contributed by atoms with Crippen molar-refractivity contribution in [2.75, 3.05) is 6.54 Å². The molecule has 0 radical (unpaired) electrons. The van der Waals surface area contributed by atoms with E-state index in [0.717, 1.165) is 49.5 Å². The van der Waals surface area contributed by atoms with Crippen LogP contribution in [0.25, 0.3) is 0 Å². The molecular formula is C17H21N3O2. The number of carbonyl (C=O) groups excluding carboxylic acids is 1. The van der Waals surface area contributed by atoms with E-state index in [1.54, 1.807) is 12.3 Å². The van der Waals surface area contributed by atoms with Crippen molar-refractivity contribution in [1.29, 1.82) is 0 Å². The average molecular weight is 299 g/mol. The van der Waals surface area contributed by atoms with E-state index >= 15 is 0 Å².